The highest BCUT2D eigenvalue weighted by Crippen LogP contribution is 2.36. The summed E-state index contributed by atoms with van der Waals surface area (Å²) in [6.07, 6.45) is -14.4. The fourth-order valence-corrected chi connectivity index (χ4v) is 4.55. The second-order valence-electron chi connectivity index (χ2n) is 6.90. The van der Waals surface area contributed by atoms with Crippen LogP contribution in [-0.4, -0.2) is 43.6 Å². The number of halogens is 6. The molecule has 3 aromatic heterocycles. The van der Waals surface area contributed by atoms with Crippen molar-refractivity contribution in [3.63, 3.8) is 0 Å². The fourth-order valence-electron chi connectivity index (χ4n) is 2.71. The van der Waals surface area contributed by atoms with E-state index in [0.29, 0.717) is 32.0 Å². The molecule has 0 saturated carbocycles. The number of aromatic nitrogens is 3. The summed E-state index contributed by atoms with van der Waals surface area (Å²) in [5.41, 5.74) is 1.52. The lowest BCUT2D eigenvalue weighted by Gasteiger charge is -2.23. The monoisotopic (exact) mass is 513 g/mol. The van der Waals surface area contributed by atoms with Crippen LogP contribution in [0.4, 0.5) is 26.3 Å². The molecule has 3 aromatic rings. The molecule has 1 atom stereocenters. The minimum Gasteiger partial charge on any atom is -0.390 e. The normalized spacial score (nSPS) is 13.6. The molecule has 3 rings (SSSR count). The third kappa shape index (κ3) is 6.47. The van der Waals surface area contributed by atoms with Crippen LogP contribution in [0.15, 0.2) is 23.7 Å². The zero-order valence-electron chi connectivity index (χ0n) is 16.8. The minimum atomic E-state index is -5.57. The van der Waals surface area contributed by atoms with E-state index in [2.05, 4.69) is 19.7 Å². The Morgan fingerprint density at radius 3 is 2.33 bits per heavy atom. The Balaban J connectivity index is 1.66. The first-order chi connectivity index (χ1) is 15.4. The van der Waals surface area contributed by atoms with Gasteiger partial charge in [-0.3, -0.25) is 4.98 Å². The Bertz CT molecular complexity index is 1050. The molecule has 0 aromatic carbocycles. The SMILES string of the molecule is CC(O)c1nc(CO)c(-c2csc(Cc3ccc(COC(C(F)(F)F)C(F)(F)F)cn3)n2)s1. The van der Waals surface area contributed by atoms with Gasteiger partial charge in [0.2, 0.25) is 6.10 Å². The lowest BCUT2D eigenvalue weighted by atomic mass is 10.2. The summed E-state index contributed by atoms with van der Waals surface area (Å²) in [4.78, 5) is 13.3. The van der Waals surface area contributed by atoms with Gasteiger partial charge in [-0.1, -0.05) is 6.07 Å². The number of hydrogen-bond acceptors (Lipinski definition) is 8. The van der Waals surface area contributed by atoms with Crippen LogP contribution in [0.1, 0.15) is 40.0 Å². The molecule has 3 heterocycles. The average molecular weight is 513 g/mol. The first-order valence-corrected chi connectivity index (χ1v) is 11.0. The van der Waals surface area contributed by atoms with Crippen LogP contribution in [0.2, 0.25) is 0 Å². The molecule has 0 bridgehead atoms. The molecule has 0 radical (unpaired) electrons. The van der Waals surface area contributed by atoms with E-state index in [1.54, 1.807) is 12.3 Å². The maximum atomic E-state index is 12.5. The van der Waals surface area contributed by atoms with Gasteiger partial charge >= 0.3 is 12.4 Å². The molecule has 14 heteroatoms. The number of aliphatic hydroxyl groups is 2. The quantitative estimate of drug-likeness (QED) is 0.421. The van der Waals surface area contributed by atoms with Crippen molar-refractivity contribution in [3.8, 4) is 10.6 Å². The lowest BCUT2D eigenvalue weighted by molar-refractivity contribution is -0.324. The molecule has 180 valence electrons. The fraction of sp³-hybridized carbons (Fsp3) is 0.421. The van der Waals surface area contributed by atoms with Crippen molar-refractivity contribution in [1.82, 2.24) is 15.0 Å². The third-order valence-corrected chi connectivity index (χ3v) is 6.37. The zero-order valence-corrected chi connectivity index (χ0v) is 18.4. The van der Waals surface area contributed by atoms with E-state index in [-0.39, 0.29) is 18.6 Å². The van der Waals surface area contributed by atoms with Crippen LogP contribution in [0, 0.1) is 0 Å². The second-order valence-corrected chi connectivity index (χ2v) is 8.87. The van der Waals surface area contributed by atoms with Crippen LogP contribution < -0.4 is 0 Å². The summed E-state index contributed by atoms with van der Waals surface area (Å²) in [6, 6.07) is 2.80. The molecule has 0 fully saturated rings. The van der Waals surface area contributed by atoms with Crippen molar-refractivity contribution in [2.24, 2.45) is 0 Å². The van der Waals surface area contributed by atoms with Crippen molar-refractivity contribution >= 4 is 22.7 Å². The molecule has 0 aliphatic rings. The number of aliphatic hydroxyl groups excluding tert-OH is 2. The van der Waals surface area contributed by atoms with Crippen LogP contribution in [-0.2, 0) is 24.4 Å². The van der Waals surface area contributed by atoms with E-state index < -0.39 is 31.2 Å². The number of thiazole rings is 2. The Hall–Kier alpha value is -2.13. The molecule has 0 aliphatic carbocycles. The lowest BCUT2D eigenvalue weighted by Crippen LogP contribution is -2.44. The first-order valence-electron chi connectivity index (χ1n) is 9.30. The van der Waals surface area contributed by atoms with Gasteiger partial charge in [0, 0.05) is 23.7 Å². The maximum Gasteiger partial charge on any atom is 0.423 e. The molecule has 0 spiro atoms. The number of nitrogens with zero attached hydrogens (tertiary/aromatic N) is 3. The van der Waals surface area contributed by atoms with Crippen LogP contribution >= 0.6 is 22.7 Å². The van der Waals surface area contributed by atoms with Gasteiger partial charge in [-0.2, -0.15) is 26.3 Å². The van der Waals surface area contributed by atoms with E-state index in [4.69, 9.17) is 0 Å². The molecule has 33 heavy (non-hydrogen) atoms. The van der Waals surface area contributed by atoms with E-state index in [1.807, 2.05) is 0 Å². The van der Waals surface area contributed by atoms with Gasteiger partial charge in [0.1, 0.15) is 11.1 Å². The van der Waals surface area contributed by atoms with Crippen molar-refractivity contribution in [1.29, 1.82) is 0 Å². The smallest absolute Gasteiger partial charge is 0.390 e. The number of pyridine rings is 1. The van der Waals surface area contributed by atoms with Gasteiger partial charge in [0.25, 0.3) is 0 Å². The first kappa shape index (κ1) is 25.5. The molecule has 0 aliphatic heterocycles. The van der Waals surface area contributed by atoms with Gasteiger partial charge in [-0.15, -0.1) is 22.7 Å². The Morgan fingerprint density at radius 2 is 1.79 bits per heavy atom. The highest BCUT2D eigenvalue weighted by molar-refractivity contribution is 7.16. The topological polar surface area (TPSA) is 88.4 Å². The van der Waals surface area contributed by atoms with Crippen molar-refractivity contribution in [2.45, 2.75) is 51.1 Å². The molecule has 0 amide bonds. The summed E-state index contributed by atoms with van der Waals surface area (Å²) < 4.78 is 79.3. The third-order valence-electron chi connectivity index (χ3n) is 4.24. The minimum absolute atomic E-state index is 0.0555. The molecular weight excluding hydrogens is 496 g/mol. The van der Waals surface area contributed by atoms with Gasteiger partial charge in [0.15, 0.2) is 0 Å². The van der Waals surface area contributed by atoms with Crippen LogP contribution in [0.25, 0.3) is 10.6 Å². The van der Waals surface area contributed by atoms with E-state index in [1.165, 1.54) is 34.8 Å². The average Bonchev–Trinajstić information content (AvgIpc) is 3.34. The van der Waals surface area contributed by atoms with Crippen molar-refractivity contribution in [2.75, 3.05) is 0 Å². The Kier molecular flexibility index (Phi) is 7.73. The van der Waals surface area contributed by atoms with Crippen LogP contribution in [0.3, 0.4) is 0 Å². The van der Waals surface area contributed by atoms with Gasteiger partial charge in [-0.25, -0.2) is 9.97 Å². The summed E-state index contributed by atoms with van der Waals surface area (Å²) in [6.45, 7) is 0.336. The number of ether oxygens (including phenoxy) is 1. The van der Waals surface area contributed by atoms with Gasteiger partial charge in [0.05, 0.1) is 34.5 Å². The summed E-state index contributed by atoms with van der Waals surface area (Å²) >= 11 is 2.52. The highest BCUT2D eigenvalue weighted by atomic mass is 32.1. The van der Waals surface area contributed by atoms with Gasteiger partial charge in [-0.05, 0) is 18.6 Å². The Morgan fingerprint density at radius 1 is 1.09 bits per heavy atom. The predicted octanol–water partition coefficient (Wildman–Crippen LogP) is 4.81. The zero-order chi connectivity index (χ0) is 24.4. The molecule has 6 nitrogen and oxygen atoms in total. The highest BCUT2D eigenvalue weighted by Gasteiger charge is 2.57. The maximum absolute atomic E-state index is 12.5. The number of alkyl halides is 6. The summed E-state index contributed by atoms with van der Waals surface area (Å²) in [5.74, 6) is 0. The van der Waals surface area contributed by atoms with Crippen molar-refractivity contribution < 1.29 is 41.3 Å². The van der Waals surface area contributed by atoms with E-state index in [9.17, 15) is 36.6 Å². The molecule has 2 N–H and O–H groups in total. The van der Waals surface area contributed by atoms with Gasteiger partial charge < -0.3 is 14.9 Å². The number of hydrogen-bond donors (Lipinski definition) is 2. The molecule has 0 saturated heterocycles. The number of rotatable bonds is 8. The van der Waals surface area contributed by atoms with E-state index in [0.717, 1.165) is 6.20 Å². The summed E-state index contributed by atoms with van der Waals surface area (Å²) in [5, 5.41) is 22.0. The molecule has 1 unspecified atom stereocenters. The van der Waals surface area contributed by atoms with Crippen LogP contribution in [0.5, 0.6) is 0 Å². The largest absolute Gasteiger partial charge is 0.423 e. The van der Waals surface area contributed by atoms with Crippen molar-refractivity contribution in [3.05, 3.63) is 50.7 Å². The summed E-state index contributed by atoms with van der Waals surface area (Å²) in [7, 11) is 0. The Labute approximate surface area is 191 Å². The molecular formula is C19H17F6N3O3S2. The standard InChI is InChI=1S/C19H17F6N3O3S2/c1-9(30)16-28-12(6-29)15(33-16)13-8-32-14(27-13)4-11-3-2-10(5-26-11)7-31-17(18(20,21)22)19(23,24)25/h2-3,5,8-9,17,29-30H,4,6-7H2,1H3. The predicted molar refractivity (Wildman–Crippen MR) is 108 cm³/mol. The van der Waals surface area contributed by atoms with E-state index >= 15 is 0 Å². The second kappa shape index (κ2) is 10.0.